The van der Waals surface area contributed by atoms with Crippen molar-refractivity contribution in [3.8, 4) is 0 Å². The van der Waals surface area contributed by atoms with Gasteiger partial charge in [0.1, 0.15) is 0 Å². The summed E-state index contributed by atoms with van der Waals surface area (Å²) in [4.78, 5) is 13.8. The van der Waals surface area contributed by atoms with Crippen molar-refractivity contribution in [2.75, 3.05) is 6.54 Å². The predicted octanol–water partition coefficient (Wildman–Crippen LogP) is 4.50. The van der Waals surface area contributed by atoms with Crippen molar-refractivity contribution in [3.05, 3.63) is 48.0 Å². The summed E-state index contributed by atoms with van der Waals surface area (Å²) in [7, 11) is 0. The van der Waals surface area contributed by atoms with Crippen LogP contribution in [0, 0.1) is 5.92 Å². The number of likely N-dealkylation sites (tertiary alicyclic amines) is 1. The summed E-state index contributed by atoms with van der Waals surface area (Å²) < 4.78 is 2.36. The number of piperidine rings is 1. The van der Waals surface area contributed by atoms with Gasteiger partial charge in [-0.15, -0.1) is 0 Å². The number of benzene rings is 2. The number of hydrogen-bond acceptors (Lipinski definition) is 2. The number of para-hydroxylation sites is 1. The third-order valence-corrected chi connectivity index (χ3v) is 5.97. The van der Waals surface area contributed by atoms with Gasteiger partial charge in [0.2, 0.25) is 0 Å². The standard InChI is InChI=1S/C22H26N2O2/c1-3-24-20-9-5-4-7-18(20)19-13-16(10-11-21(19)24)14-23-12-6-8-17(15(23)2)22(25)26/h4-5,7,9-11,13,15,17H,3,6,8,12,14H2,1-2H3,(H,25,26)/t15-,17-/m0/s1. The Morgan fingerprint density at radius 2 is 1.92 bits per heavy atom. The molecular weight excluding hydrogens is 324 g/mol. The lowest BCUT2D eigenvalue weighted by molar-refractivity contribution is -0.145. The van der Waals surface area contributed by atoms with Gasteiger partial charge in [-0.25, -0.2) is 0 Å². The van der Waals surface area contributed by atoms with E-state index in [2.05, 4.69) is 65.8 Å². The molecule has 0 unspecified atom stereocenters. The van der Waals surface area contributed by atoms with Gasteiger partial charge in [-0.1, -0.05) is 24.3 Å². The number of rotatable bonds is 4. The highest BCUT2D eigenvalue weighted by atomic mass is 16.4. The Balaban J connectivity index is 1.70. The summed E-state index contributed by atoms with van der Waals surface area (Å²) in [5.41, 5.74) is 3.81. The SMILES string of the molecule is CCn1c2ccccc2c2cc(CN3CCC[C@H](C(=O)O)[C@@H]3C)ccc21. The maximum Gasteiger partial charge on any atom is 0.308 e. The zero-order chi connectivity index (χ0) is 18.3. The molecule has 4 heteroatoms. The molecule has 1 saturated heterocycles. The second-order valence-corrected chi connectivity index (χ2v) is 7.41. The summed E-state index contributed by atoms with van der Waals surface area (Å²) in [6.07, 6.45) is 1.74. The number of fused-ring (bicyclic) bond motifs is 3. The van der Waals surface area contributed by atoms with Gasteiger partial charge in [0.25, 0.3) is 0 Å². The average Bonchev–Trinajstić information content (AvgIpc) is 2.96. The van der Waals surface area contributed by atoms with Crippen molar-refractivity contribution in [1.29, 1.82) is 0 Å². The number of carboxylic acid groups (broad SMARTS) is 1. The largest absolute Gasteiger partial charge is 0.481 e. The molecule has 1 aromatic heterocycles. The van der Waals surface area contributed by atoms with E-state index in [0.29, 0.717) is 0 Å². The first kappa shape index (κ1) is 17.1. The lowest BCUT2D eigenvalue weighted by Crippen LogP contribution is -2.45. The summed E-state index contributed by atoms with van der Waals surface area (Å²) in [6.45, 7) is 6.97. The van der Waals surface area contributed by atoms with Gasteiger partial charge < -0.3 is 9.67 Å². The fraction of sp³-hybridized carbons (Fsp3) is 0.409. The van der Waals surface area contributed by atoms with Gasteiger partial charge in [0.05, 0.1) is 5.92 Å². The Morgan fingerprint density at radius 1 is 1.15 bits per heavy atom. The minimum absolute atomic E-state index is 0.0777. The number of nitrogens with zero attached hydrogens (tertiary/aromatic N) is 2. The van der Waals surface area contributed by atoms with Crippen LogP contribution in [0.15, 0.2) is 42.5 Å². The maximum absolute atomic E-state index is 11.5. The Kier molecular flexibility index (Phi) is 4.45. The smallest absolute Gasteiger partial charge is 0.308 e. The monoisotopic (exact) mass is 350 g/mol. The molecule has 4 nitrogen and oxygen atoms in total. The lowest BCUT2D eigenvalue weighted by Gasteiger charge is -2.37. The molecule has 0 spiro atoms. The topological polar surface area (TPSA) is 45.5 Å². The molecule has 2 heterocycles. The predicted molar refractivity (Wildman–Crippen MR) is 105 cm³/mol. The van der Waals surface area contributed by atoms with E-state index >= 15 is 0 Å². The zero-order valence-electron chi connectivity index (χ0n) is 15.5. The van der Waals surface area contributed by atoms with Crippen LogP contribution in [-0.4, -0.2) is 33.1 Å². The molecule has 0 radical (unpaired) electrons. The quantitative estimate of drug-likeness (QED) is 0.753. The van der Waals surface area contributed by atoms with Crippen molar-refractivity contribution in [3.63, 3.8) is 0 Å². The maximum atomic E-state index is 11.5. The van der Waals surface area contributed by atoms with Gasteiger partial charge in [0.15, 0.2) is 0 Å². The van der Waals surface area contributed by atoms with Crippen molar-refractivity contribution in [1.82, 2.24) is 9.47 Å². The van der Waals surface area contributed by atoms with E-state index in [4.69, 9.17) is 0 Å². The molecule has 4 rings (SSSR count). The number of aromatic nitrogens is 1. The van der Waals surface area contributed by atoms with Gasteiger partial charge in [0, 0.05) is 40.9 Å². The Morgan fingerprint density at radius 3 is 2.69 bits per heavy atom. The van der Waals surface area contributed by atoms with Gasteiger partial charge in [-0.2, -0.15) is 0 Å². The molecule has 0 aliphatic carbocycles. The fourth-order valence-electron chi connectivity index (χ4n) is 4.54. The molecule has 136 valence electrons. The van der Waals surface area contributed by atoms with Crippen LogP contribution in [0.25, 0.3) is 21.8 Å². The van der Waals surface area contributed by atoms with Crippen LogP contribution in [0.2, 0.25) is 0 Å². The number of carboxylic acids is 1. The van der Waals surface area contributed by atoms with Crippen LogP contribution in [0.4, 0.5) is 0 Å². The minimum Gasteiger partial charge on any atom is -0.481 e. The van der Waals surface area contributed by atoms with Crippen molar-refractivity contribution < 1.29 is 9.90 Å². The normalized spacial score (nSPS) is 21.5. The van der Waals surface area contributed by atoms with E-state index in [9.17, 15) is 9.90 Å². The molecule has 2 atom stereocenters. The highest BCUT2D eigenvalue weighted by Gasteiger charge is 2.32. The van der Waals surface area contributed by atoms with Crippen LogP contribution in [0.1, 0.15) is 32.3 Å². The second kappa shape index (κ2) is 6.76. The van der Waals surface area contributed by atoms with E-state index < -0.39 is 5.97 Å². The fourth-order valence-corrected chi connectivity index (χ4v) is 4.54. The first-order valence-corrected chi connectivity index (χ1v) is 9.57. The number of aryl methyl sites for hydroxylation is 1. The molecule has 26 heavy (non-hydrogen) atoms. The van der Waals surface area contributed by atoms with Gasteiger partial charge >= 0.3 is 5.97 Å². The zero-order valence-corrected chi connectivity index (χ0v) is 15.5. The Bertz CT molecular complexity index is 959. The van der Waals surface area contributed by atoms with Crippen LogP contribution in [0.5, 0.6) is 0 Å². The first-order valence-electron chi connectivity index (χ1n) is 9.57. The summed E-state index contributed by atoms with van der Waals surface area (Å²) >= 11 is 0. The van der Waals surface area contributed by atoms with Crippen molar-refractivity contribution >= 4 is 27.8 Å². The third-order valence-electron chi connectivity index (χ3n) is 5.97. The molecule has 1 aliphatic heterocycles. The molecule has 1 N–H and O–H groups in total. The number of aliphatic carboxylic acids is 1. The Hall–Kier alpha value is -2.33. The minimum atomic E-state index is -0.663. The van der Waals surface area contributed by atoms with E-state index in [1.165, 1.54) is 27.4 Å². The highest BCUT2D eigenvalue weighted by Crippen LogP contribution is 2.31. The average molecular weight is 350 g/mol. The molecule has 0 amide bonds. The molecule has 1 aliphatic rings. The molecular formula is C22H26N2O2. The van der Waals surface area contributed by atoms with Crippen molar-refractivity contribution in [2.45, 2.75) is 45.8 Å². The Labute approximate surface area is 154 Å². The number of carbonyl (C=O) groups is 1. The van der Waals surface area contributed by atoms with E-state index in [1.807, 2.05) is 0 Å². The van der Waals surface area contributed by atoms with Crippen LogP contribution in [-0.2, 0) is 17.9 Å². The van der Waals surface area contributed by atoms with E-state index in [-0.39, 0.29) is 12.0 Å². The third kappa shape index (κ3) is 2.78. The first-order chi connectivity index (χ1) is 12.6. The summed E-state index contributed by atoms with van der Waals surface area (Å²) in [5, 5.41) is 12.0. The lowest BCUT2D eigenvalue weighted by atomic mass is 9.90. The molecule has 0 saturated carbocycles. The van der Waals surface area contributed by atoms with Gasteiger partial charge in [-0.05, 0) is 57.0 Å². The highest BCUT2D eigenvalue weighted by molar-refractivity contribution is 6.08. The molecule has 1 fully saturated rings. The van der Waals surface area contributed by atoms with Crippen molar-refractivity contribution in [2.24, 2.45) is 5.92 Å². The van der Waals surface area contributed by atoms with E-state index in [0.717, 1.165) is 32.5 Å². The summed E-state index contributed by atoms with van der Waals surface area (Å²) in [6, 6.07) is 15.4. The number of hydrogen-bond donors (Lipinski definition) is 1. The van der Waals surface area contributed by atoms with Crippen LogP contribution >= 0.6 is 0 Å². The van der Waals surface area contributed by atoms with Gasteiger partial charge in [-0.3, -0.25) is 9.69 Å². The molecule has 2 aromatic carbocycles. The molecule has 3 aromatic rings. The molecule has 0 bridgehead atoms. The van der Waals surface area contributed by atoms with E-state index in [1.54, 1.807) is 0 Å². The second-order valence-electron chi connectivity index (χ2n) is 7.41. The van der Waals surface area contributed by atoms with Crippen LogP contribution in [0.3, 0.4) is 0 Å². The van der Waals surface area contributed by atoms with Crippen LogP contribution < -0.4 is 0 Å². The summed E-state index contributed by atoms with van der Waals surface area (Å²) in [5.74, 6) is -0.918.